The van der Waals surface area contributed by atoms with E-state index in [0.717, 1.165) is 51.1 Å². The highest BCUT2D eigenvalue weighted by Crippen LogP contribution is 2.42. The first-order valence-corrected chi connectivity index (χ1v) is 9.06. The number of hydrogen-bond acceptors (Lipinski definition) is 4. The van der Waals surface area contributed by atoms with Gasteiger partial charge in [-0.1, -0.05) is 12.1 Å². The molecule has 5 heteroatoms. The molecular weight excluding hydrogens is 312 g/mol. The number of pyridine rings is 2. The van der Waals surface area contributed by atoms with E-state index in [0.29, 0.717) is 12.5 Å². The molecule has 25 heavy (non-hydrogen) atoms. The molecule has 0 N–H and O–H groups in total. The number of carbonyl (C=O) groups is 1. The van der Waals surface area contributed by atoms with Crippen LogP contribution in [0.1, 0.15) is 30.5 Å². The number of aromatic nitrogens is 2. The van der Waals surface area contributed by atoms with Crippen molar-refractivity contribution in [3.8, 4) is 0 Å². The Kier molecular flexibility index (Phi) is 4.49. The van der Waals surface area contributed by atoms with E-state index in [1.54, 1.807) is 6.20 Å². The normalized spacial score (nSPS) is 20.3. The average molecular weight is 336 g/mol. The first kappa shape index (κ1) is 16.2. The van der Waals surface area contributed by atoms with Gasteiger partial charge in [0, 0.05) is 31.7 Å². The molecule has 0 unspecified atom stereocenters. The number of piperidine rings is 1. The van der Waals surface area contributed by atoms with Gasteiger partial charge in [0.25, 0.3) is 0 Å². The number of rotatable bonds is 4. The van der Waals surface area contributed by atoms with Gasteiger partial charge >= 0.3 is 0 Å². The van der Waals surface area contributed by atoms with Crippen LogP contribution < -0.4 is 0 Å². The Balaban J connectivity index is 1.35. The Morgan fingerprint density at radius 1 is 0.960 bits per heavy atom. The van der Waals surface area contributed by atoms with E-state index in [1.165, 1.54) is 5.56 Å². The van der Waals surface area contributed by atoms with Crippen molar-refractivity contribution in [3.63, 3.8) is 0 Å². The number of amides is 1. The summed E-state index contributed by atoms with van der Waals surface area (Å²) in [5, 5.41) is 0. The van der Waals surface area contributed by atoms with Crippen molar-refractivity contribution in [2.24, 2.45) is 5.41 Å². The minimum atomic E-state index is -0.139. The maximum atomic E-state index is 13.0. The quantitative estimate of drug-likeness (QED) is 0.861. The predicted octanol–water partition coefficient (Wildman–Crippen LogP) is 2.49. The lowest BCUT2D eigenvalue weighted by atomic mass is 9.77. The summed E-state index contributed by atoms with van der Waals surface area (Å²) in [6, 6.07) is 9.99. The van der Waals surface area contributed by atoms with Crippen LogP contribution in [0.25, 0.3) is 0 Å². The maximum absolute atomic E-state index is 13.0. The maximum Gasteiger partial charge on any atom is 0.229 e. The molecule has 5 nitrogen and oxygen atoms in total. The summed E-state index contributed by atoms with van der Waals surface area (Å²) in [5.41, 5.74) is 2.08. The van der Waals surface area contributed by atoms with Gasteiger partial charge in [-0.25, -0.2) is 0 Å². The highest BCUT2D eigenvalue weighted by atomic mass is 16.2. The molecule has 1 amide bonds. The lowest BCUT2D eigenvalue weighted by Crippen LogP contribution is -2.44. The van der Waals surface area contributed by atoms with E-state index in [2.05, 4.69) is 20.9 Å². The van der Waals surface area contributed by atoms with E-state index >= 15 is 0 Å². The van der Waals surface area contributed by atoms with Crippen molar-refractivity contribution in [2.75, 3.05) is 19.6 Å². The standard InChI is InChI=1S/C20H24N4O/c25-19-20(8-13-24(19)16-18-5-1-2-10-22-18)6-11-23(12-7-20)15-17-4-3-9-21-14-17/h1-5,9-10,14H,6-8,11-13,15-16H2. The molecule has 130 valence electrons. The molecule has 2 aliphatic rings. The molecule has 2 fully saturated rings. The highest BCUT2D eigenvalue weighted by molar-refractivity contribution is 5.85. The van der Waals surface area contributed by atoms with Crippen LogP contribution in [-0.4, -0.2) is 45.3 Å². The summed E-state index contributed by atoms with van der Waals surface area (Å²) >= 11 is 0. The number of nitrogens with zero attached hydrogens (tertiary/aromatic N) is 4. The third-order valence-electron chi connectivity index (χ3n) is 5.62. The molecule has 2 aliphatic heterocycles. The fourth-order valence-electron chi connectivity index (χ4n) is 4.08. The lowest BCUT2D eigenvalue weighted by molar-refractivity contribution is -0.139. The molecular formula is C20H24N4O. The van der Waals surface area contributed by atoms with E-state index in [9.17, 15) is 4.79 Å². The zero-order valence-corrected chi connectivity index (χ0v) is 14.5. The van der Waals surface area contributed by atoms with Crippen molar-refractivity contribution in [3.05, 3.63) is 60.2 Å². The third kappa shape index (κ3) is 3.42. The highest BCUT2D eigenvalue weighted by Gasteiger charge is 2.47. The summed E-state index contributed by atoms with van der Waals surface area (Å²) in [6.45, 7) is 4.39. The van der Waals surface area contributed by atoms with Gasteiger partial charge in [-0.3, -0.25) is 19.7 Å². The Hall–Kier alpha value is -2.27. The van der Waals surface area contributed by atoms with Crippen LogP contribution in [0.5, 0.6) is 0 Å². The van der Waals surface area contributed by atoms with Crippen LogP contribution in [0.2, 0.25) is 0 Å². The molecule has 2 saturated heterocycles. The molecule has 0 saturated carbocycles. The van der Waals surface area contributed by atoms with E-state index in [-0.39, 0.29) is 5.41 Å². The van der Waals surface area contributed by atoms with Crippen molar-refractivity contribution < 1.29 is 4.79 Å². The fraction of sp³-hybridized carbons (Fsp3) is 0.450. The number of hydrogen-bond donors (Lipinski definition) is 0. The predicted molar refractivity (Wildman–Crippen MR) is 95.5 cm³/mol. The van der Waals surface area contributed by atoms with E-state index in [1.807, 2.05) is 41.6 Å². The van der Waals surface area contributed by atoms with Gasteiger partial charge in [0.05, 0.1) is 17.7 Å². The van der Waals surface area contributed by atoms with E-state index in [4.69, 9.17) is 0 Å². The van der Waals surface area contributed by atoms with Crippen LogP contribution in [0.3, 0.4) is 0 Å². The summed E-state index contributed by atoms with van der Waals surface area (Å²) in [6.07, 6.45) is 8.44. The van der Waals surface area contributed by atoms with Gasteiger partial charge in [-0.15, -0.1) is 0 Å². The van der Waals surface area contributed by atoms with Crippen LogP contribution in [-0.2, 0) is 17.9 Å². The second kappa shape index (κ2) is 6.92. The van der Waals surface area contributed by atoms with Crippen molar-refractivity contribution in [1.29, 1.82) is 0 Å². The Labute approximate surface area is 148 Å². The molecule has 0 aliphatic carbocycles. The summed E-state index contributed by atoms with van der Waals surface area (Å²) < 4.78 is 0. The van der Waals surface area contributed by atoms with Gasteiger partial charge in [0.2, 0.25) is 5.91 Å². The Bertz CT molecular complexity index is 711. The van der Waals surface area contributed by atoms with Crippen molar-refractivity contribution in [1.82, 2.24) is 19.8 Å². The third-order valence-corrected chi connectivity index (χ3v) is 5.62. The molecule has 2 aromatic heterocycles. The zero-order valence-electron chi connectivity index (χ0n) is 14.5. The van der Waals surface area contributed by atoms with Crippen molar-refractivity contribution >= 4 is 5.91 Å². The largest absolute Gasteiger partial charge is 0.336 e. The number of carbonyl (C=O) groups excluding carboxylic acids is 1. The smallest absolute Gasteiger partial charge is 0.229 e. The molecule has 0 atom stereocenters. The van der Waals surface area contributed by atoms with Gasteiger partial charge < -0.3 is 4.90 Å². The average Bonchev–Trinajstić information content (AvgIpc) is 2.95. The zero-order chi connectivity index (χ0) is 17.1. The fourth-order valence-corrected chi connectivity index (χ4v) is 4.08. The Morgan fingerprint density at radius 2 is 1.80 bits per heavy atom. The van der Waals surface area contributed by atoms with E-state index < -0.39 is 0 Å². The second-order valence-electron chi connectivity index (χ2n) is 7.22. The molecule has 4 rings (SSSR count). The topological polar surface area (TPSA) is 49.3 Å². The summed E-state index contributed by atoms with van der Waals surface area (Å²) in [7, 11) is 0. The molecule has 0 radical (unpaired) electrons. The molecule has 1 spiro atoms. The van der Waals surface area contributed by atoms with Gasteiger partial charge in [-0.2, -0.15) is 0 Å². The molecule has 2 aromatic rings. The van der Waals surface area contributed by atoms with Crippen molar-refractivity contribution in [2.45, 2.75) is 32.4 Å². The second-order valence-corrected chi connectivity index (χ2v) is 7.22. The SMILES string of the molecule is O=C1N(Cc2ccccn2)CCC12CCN(Cc1cccnc1)CC2. The number of likely N-dealkylation sites (tertiary alicyclic amines) is 2. The molecule has 4 heterocycles. The van der Waals surface area contributed by atoms with Crippen LogP contribution in [0.4, 0.5) is 0 Å². The monoisotopic (exact) mass is 336 g/mol. The van der Waals surface area contributed by atoms with Crippen LogP contribution >= 0.6 is 0 Å². The minimum absolute atomic E-state index is 0.139. The minimum Gasteiger partial charge on any atom is -0.336 e. The summed E-state index contributed by atoms with van der Waals surface area (Å²) in [4.78, 5) is 26.0. The van der Waals surface area contributed by atoms with Gasteiger partial charge in [-0.05, 0) is 56.1 Å². The molecule has 0 aromatic carbocycles. The van der Waals surface area contributed by atoms with Crippen LogP contribution in [0.15, 0.2) is 48.9 Å². The van der Waals surface area contributed by atoms with Gasteiger partial charge in [0.15, 0.2) is 0 Å². The van der Waals surface area contributed by atoms with Gasteiger partial charge in [0.1, 0.15) is 0 Å². The van der Waals surface area contributed by atoms with Crippen LogP contribution in [0, 0.1) is 5.41 Å². The summed E-state index contributed by atoms with van der Waals surface area (Å²) in [5.74, 6) is 0.333. The first-order valence-electron chi connectivity index (χ1n) is 9.06. The molecule has 0 bridgehead atoms. The first-order chi connectivity index (χ1) is 12.3. The Morgan fingerprint density at radius 3 is 2.52 bits per heavy atom. The lowest BCUT2D eigenvalue weighted by Gasteiger charge is -2.38.